The summed E-state index contributed by atoms with van der Waals surface area (Å²) in [4.78, 5) is 0. The fourth-order valence-electron chi connectivity index (χ4n) is 4.06. The molecule has 1 aromatic rings. The maximum atomic E-state index is 14.5. The molecular formula is C18H24F2O2. The molecule has 0 bridgehead atoms. The molecule has 0 saturated heterocycles. The van der Waals surface area contributed by atoms with E-state index in [1.54, 1.807) is 6.07 Å². The van der Waals surface area contributed by atoms with E-state index in [4.69, 9.17) is 9.47 Å². The number of fused-ring (bicyclic) bond motifs is 3. The van der Waals surface area contributed by atoms with E-state index in [9.17, 15) is 8.78 Å². The van der Waals surface area contributed by atoms with E-state index in [1.807, 2.05) is 19.1 Å². The minimum Gasteiger partial charge on any atom is -0.494 e. The molecule has 0 spiro atoms. The van der Waals surface area contributed by atoms with Crippen LogP contribution in [-0.4, -0.2) is 12.7 Å². The maximum Gasteiger partial charge on any atom is 0.401 e. The fraction of sp³-hybridized carbons (Fsp3) is 0.667. The van der Waals surface area contributed by atoms with Gasteiger partial charge in [-0.05, 0) is 49.7 Å². The lowest BCUT2D eigenvalue weighted by Crippen LogP contribution is -2.45. The second kappa shape index (κ2) is 6.05. The van der Waals surface area contributed by atoms with Gasteiger partial charge >= 0.3 is 6.11 Å². The molecule has 2 nitrogen and oxygen atoms in total. The zero-order chi connectivity index (χ0) is 15.7. The van der Waals surface area contributed by atoms with Crippen molar-refractivity contribution in [3.8, 4) is 11.5 Å². The zero-order valence-corrected chi connectivity index (χ0v) is 13.3. The minimum atomic E-state index is -3.07. The quantitative estimate of drug-likeness (QED) is 0.744. The summed E-state index contributed by atoms with van der Waals surface area (Å²) in [6, 6.07) is 5.39. The molecule has 0 N–H and O–H groups in total. The van der Waals surface area contributed by atoms with Crippen molar-refractivity contribution in [1.29, 1.82) is 0 Å². The summed E-state index contributed by atoms with van der Waals surface area (Å²) in [5, 5.41) is 0. The highest BCUT2D eigenvalue weighted by molar-refractivity contribution is 5.45. The number of halogens is 2. The normalized spacial score (nSPS) is 29.2. The molecule has 0 radical (unpaired) electrons. The van der Waals surface area contributed by atoms with E-state index in [-0.39, 0.29) is 5.92 Å². The van der Waals surface area contributed by atoms with Gasteiger partial charge in [-0.1, -0.05) is 25.8 Å². The molecule has 3 unspecified atom stereocenters. The molecule has 1 aliphatic heterocycles. The van der Waals surface area contributed by atoms with Crippen molar-refractivity contribution in [2.75, 3.05) is 6.61 Å². The van der Waals surface area contributed by atoms with Gasteiger partial charge in [0.2, 0.25) is 0 Å². The molecule has 1 fully saturated rings. The highest BCUT2D eigenvalue weighted by atomic mass is 19.3. The fourth-order valence-corrected chi connectivity index (χ4v) is 4.06. The number of hydrogen-bond donors (Lipinski definition) is 0. The van der Waals surface area contributed by atoms with E-state index in [2.05, 4.69) is 6.92 Å². The van der Waals surface area contributed by atoms with Crippen molar-refractivity contribution >= 4 is 0 Å². The van der Waals surface area contributed by atoms with Crippen LogP contribution in [0, 0.1) is 11.8 Å². The molecule has 2 aliphatic rings. The van der Waals surface area contributed by atoms with Gasteiger partial charge in [0, 0.05) is 6.07 Å². The molecular weight excluding hydrogens is 286 g/mol. The van der Waals surface area contributed by atoms with Crippen LogP contribution in [0.4, 0.5) is 8.78 Å². The first-order valence-corrected chi connectivity index (χ1v) is 8.38. The second-order valence-electron chi connectivity index (χ2n) is 6.48. The Morgan fingerprint density at radius 3 is 2.82 bits per heavy atom. The van der Waals surface area contributed by atoms with Gasteiger partial charge in [-0.15, -0.1) is 0 Å². The van der Waals surface area contributed by atoms with Crippen LogP contribution in [0.5, 0.6) is 11.5 Å². The molecule has 22 heavy (non-hydrogen) atoms. The molecule has 1 aromatic carbocycles. The van der Waals surface area contributed by atoms with E-state index < -0.39 is 12.0 Å². The molecule has 0 amide bonds. The van der Waals surface area contributed by atoms with E-state index >= 15 is 0 Å². The van der Waals surface area contributed by atoms with Crippen LogP contribution in [0.25, 0.3) is 0 Å². The Kier molecular flexibility index (Phi) is 4.28. The predicted octanol–water partition coefficient (Wildman–Crippen LogP) is 5.37. The Balaban J connectivity index is 1.89. The van der Waals surface area contributed by atoms with E-state index in [0.717, 1.165) is 31.2 Å². The molecule has 122 valence electrons. The van der Waals surface area contributed by atoms with E-state index in [1.165, 1.54) is 0 Å². The number of hydrogen-bond acceptors (Lipinski definition) is 2. The maximum absolute atomic E-state index is 14.5. The summed E-state index contributed by atoms with van der Waals surface area (Å²) in [5.74, 6) is 0.511. The van der Waals surface area contributed by atoms with Crippen LogP contribution in [0.2, 0.25) is 0 Å². The largest absolute Gasteiger partial charge is 0.494 e. The summed E-state index contributed by atoms with van der Waals surface area (Å²) < 4.78 is 39.5. The molecule has 0 aromatic heterocycles. The van der Waals surface area contributed by atoms with E-state index in [0.29, 0.717) is 30.4 Å². The summed E-state index contributed by atoms with van der Waals surface area (Å²) >= 11 is 0. The topological polar surface area (TPSA) is 18.5 Å². The van der Waals surface area contributed by atoms with Crippen LogP contribution in [0.1, 0.15) is 57.4 Å². The predicted molar refractivity (Wildman–Crippen MR) is 81.7 cm³/mol. The van der Waals surface area contributed by atoms with Crippen LogP contribution in [-0.2, 0) is 0 Å². The lowest BCUT2D eigenvalue weighted by Gasteiger charge is -2.44. The van der Waals surface area contributed by atoms with Crippen molar-refractivity contribution in [3.63, 3.8) is 0 Å². The van der Waals surface area contributed by atoms with Crippen LogP contribution in [0.15, 0.2) is 18.2 Å². The summed E-state index contributed by atoms with van der Waals surface area (Å²) in [6.45, 7) is 4.51. The third-order valence-corrected chi connectivity index (χ3v) is 5.03. The summed E-state index contributed by atoms with van der Waals surface area (Å²) in [6.07, 6.45) is 1.46. The first-order chi connectivity index (χ1) is 10.5. The van der Waals surface area contributed by atoms with Gasteiger partial charge in [0.1, 0.15) is 11.5 Å². The van der Waals surface area contributed by atoms with Gasteiger partial charge in [-0.25, -0.2) is 0 Å². The van der Waals surface area contributed by atoms with Crippen molar-refractivity contribution in [3.05, 3.63) is 23.8 Å². The molecule has 3 rings (SSSR count). The average Bonchev–Trinajstić information content (AvgIpc) is 2.47. The molecule has 1 heterocycles. The second-order valence-corrected chi connectivity index (χ2v) is 6.48. The Hall–Kier alpha value is -1.32. The van der Waals surface area contributed by atoms with Crippen LogP contribution >= 0.6 is 0 Å². The Morgan fingerprint density at radius 1 is 1.27 bits per heavy atom. The van der Waals surface area contributed by atoms with Crippen molar-refractivity contribution in [1.82, 2.24) is 0 Å². The number of benzene rings is 1. The summed E-state index contributed by atoms with van der Waals surface area (Å²) in [5.41, 5.74) is 0.925. The van der Waals surface area contributed by atoms with Gasteiger partial charge in [0.25, 0.3) is 0 Å². The van der Waals surface area contributed by atoms with Crippen LogP contribution in [0.3, 0.4) is 0 Å². The lowest BCUT2D eigenvalue weighted by molar-refractivity contribution is -0.239. The first-order valence-electron chi connectivity index (χ1n) is 8.38. The molecule has 1 saturated carbocycles. The minimum absolute atomic E-state index is 0.0949. The molecule has 3 atom stereocenters. The Labute approximate surface area is 130 Å². The monoisotopic (exact) mass is 310 g/mol. The molecule has 4 heteroatoms. The van der Waals surface area contributed by atoms with Gasteiger partial charge in [-0.2, -0.15) is 8.78 Å². The zero-order valence-electron chi connectivity index (χ0n) is 13.3. The van der Waals surface area contributed by atoms with Gasteiger partial charge in [0.05, 0.1) is 12.5 Å². The van der Waals surface area contributed by atoms with Crippen molar-refractivity contribution in [2.45, 2.75) is 58.0 Å². The summed E-state index contributed by atoms with van der Waals surface area (Å²) in [7, 11) is 0. The third-order valence-electron chi connectivity index (χ3n) is 5.03. The number of ether oxygens (including phenoxy) is 2. The standard InChI is InChI=1S/C18H24F2O2/c1-3-5-12-6-8-14-15-9-7-13(21-4-2)11-17(15)22-18(19,20)16(14)10-12/h7,9,11-12,14,16H,3-6,8,10H2,1-2H3. The third kappa shape index (κ3) is 2.80. The van der Waals surface area contributed by atoms with Gasteiger partial charge in [0.15, 0.2) is 0 Å². The Bertz CT molecular complexity index is 530. The average molecular weight is 310 g/mol. The molecule has 1 aliphatic carbocycles. The lowest BCUT2D eigenvalue weighted by atomic mass is 9.68. The highest BCUT2D eigenvalue weighted by Gasteiger charge is 2.53. The SMILES string of the molecule is CCCC1CCC2c3ccc(OCC)cc3OC(F)(F)C2C1. The van der Waals surface area contributed by atoms with Crippen molar-refractivity contribution < 1.29 is 18.3 Å². The van der Waals surface area contributed by atoms with Gasteiger partial charge in [-0.3, -0.25) is 0 Å². The number of rotatable bonds is 4. The smallest absolute Gasteiger partial charge is 0.401 e. The Morgan fingerprint density at radius 2 is 2.09 bits per heavy atom. The first kappa shape index (κ1) is 15.6. The van der Waals surface area contributed by atoms with Crippen molar-refractivity contribution in [2.24, 2.45) is 11.8 Å². The number of alkyl halides is 2. The highest BCUT2D eigenvalue weighted by Crippen LogP contribution is 2.55. The van der Waals surface area contributed by atoms with Gasteiger partial charge < -0.3 is 9.47 Å². The van der Waals surface area contributed by atoms with Crippen LogP contribution < -0.4 is 9.47 Å².